The van der Waals surface area contributed by atoms with Crippen LogP contribution in [-0.2, 0) is 0 Å². The van der Waals surface area contributed by atoms with E-state index in [1.165, 1.54) is 36.3 Å². The van der Waals surface area contributed by atoms with Gasteiger partial charge in [0.05, 0.1) is 11.4 Å². The number of nitrogens with zero attached hydrogens (tertiary/aromatic N) is 4. The highest BCUT2D eigenvalue weighted by atomic mass is 15.2. The molecule has 3 aromatic heterocycles. The van der Waals surface area contributed by atoms with Crippen LogP contribution in [0.2, 0.25) is 0 Å². The Labute approximate surface area is 141 Å². The van der Waals surface area contributed by atoms with E-state index >= 15 is 0 Å². The van der Waals surface area contributed by atoms with E-state index in [4.69, 9.17) is 9.97 Å². The first kappa shape index (κ1) is 13.9. The van der Waals surface area contributed by atoms with Gasteiger partial charge in [0.2, 0.25) is 0 Å². The van der Waals surface area contributed by atoms with Crippen LogP contribution < -0.4 is 0 Å². The number of rotatable bonds is 2. The smallest absolute Gasteiger partial charge is 0.115 e. The Kier molecular flexibility index (Phi) is 2.90. The molecule has 2 unspecified atom stereocenters. The fourth-order valence-electron chi connectivity index (χ4n) is 4.36. The molecule has 0 saturated heterocycles. The number of pyridine rings is 2. The zero-order valence-electron chi connectivity index (χ0n) is 14.0. The maximum atomic E-state index is 5.07. The van der Waals surface area contributed by atoms with Crippen molar-refractivity contribution < 1.29 is 0 Å². The molecule has 1 aliphatic carbocycles. The zero-order valence-corrected chi connectivity index (χ0v) is 14.0. The second-order valence-corrected chi connectivity index (χ2v) is 7.05. The third-order valence-electron chi connectivity index (χ3n) is 5.37. The lowest BCUT2D eigenvalue weighted by Gasteiger charge is -2.17. The lowest BCUT2D eigenvalue weighted by Crippen LogP contribution is -2.08. The molecule has 3 aromatic rings. The third kappa shape index (κ3) is 1.95. The van der Waals surface area contributed by atoms with Gasteiger partial charge in [0.25, 0.3) is 0 Å². The minimum atomic E-state index is 0.597. The van der Waals surface area contributed by atoms with Gasteiger partial charge >= 0.3 is 0 Å². The van der Waals surface area contributed by atoms with Gasteiger partial charge in [0.1, 0.15) is 11.5 Å². The average molecular weight is 316 g/mol. The highest BCUT2D eigenvalue weighted by Gasteiger charge is 2.41. The minimum Gasteiger partial charge on any atom is -0.324 e. The summed E-state index contributed by atoms with van der Waals surface area (Å²) in [6.45, 7) is 4.08. The van der Waals surface area contributed by atoms with Crippen LogP contribution in [0, 0.1) is 13.8 Å². The number of aromatic nitrogens is 4. The molecule has 0 spiro atoms. The molecule has 0 amide bonds. The maximum Gasteiger partial charge on any atom is 0.115 e. The van der Waals surface area contributed by atoms with Crippen molar-refractivity contribution in [3.8, 4) is 22.6 Å². The predicted octanol–water partition coefficient (Wildman–Crippen LogP) is 4.45. The summed E-state index contributed by atoms with van der Waals surface area (Å²) in [4.78, 5) is 14.2. The van der Waals surface area contributed by atoms with Gasteiger partial charge in [-0.05, 0) is 57.4 Å². The fraction of sp³-hybridized carbons (Fsp3) is 0.350. The number of hydrogen-bond acceptors (Lipinski definition) is 3. The van der Waals surface area contributed by atoms with Crippen molar-refractivity contribution in [2.75, 3.05) is 0 Å². The molecule has 1 saturated carbocycles. The van der Waals surface area contributed by atoms with Gasteiger partial charge in [-0.2, -0.15) is 0 Å². The van der Waals surface area contributed by atoms with Gasteiger partial charge in [-0.1, -0.05) is 6.07 Å². The molecular weight excluding hydrogens is 296 g/mol. The Hall–Kier alpha value is -2.49. The van der Waals surface area contributed by atoms with Crippen LogP contribution in [0.5, 0.6) is 0 Å². The Balaban J connectivity index is 1.79. The van der Waals surface area contributed by atoms with E-state index < -0.39 is 0 Å². The fourth-order valence-corrected chi connectivity index (χ4v) is 4.36. The van der Waals surface area contributed by atoms with Gasteiger partial charge in [-0.15, -0.1) is 0 Å². The van der Waals surface area contributed by atoms with Crippen LogP contribution in [-0.4, -0.2) is 19.5 Å². The normalized spacial score (nSPS) is 21.2. The van der Waals surface area contributed by atoms with E-state index in [1.807, 2.05) is 26.1 Å². The van der Waals surface area contributed by atoms with E-state index in [0.29, 0.717) is 12.0 Å². The summed E-state index contributed by atoms with van der Waals surface area (Å²) in [6, 6.07) is 11.0. The molecule has 0 N–H and O–H groups in total. The first-order valence-corrected chi connectivity index (χ1v) is 8.70. The molecule has 5 rings (SSSR count). The first-order valence-electron chi connectivity index (χ1n) is 8.70. The van der Waals surface area contributed by atoms with Gasteiger partial charge in [0.15, 0.2) is 0 Å². The summed E-state index contributed by atoms with van der Waals surface area (Å²) in [6.07, 6.45) is 5.69. The third-order valence-corrected chi connectivity index (χ3v) is 5.37. The summed E-state index contributed by atoms with van der Waals surface area (Å²) >= 11 is 0. The Morgan fingerprint density at radius 1 is 1.04 bits per heavy atom. The number of imidazole rings is 1. The van der Waals surface area contributed by atoms with Gasteiger partial charge in [-0.3, -0.25) is 9.97 Å². The first-order chi connectivity index (χ1) is 11.7. The molecule has 24 heavy (non-hydrogen) atoms. The SMILES string of the molecule is Cc1cc(-c2c(-c3cccc(C)n3)nc3n2C2CCC3C2)ccn1. The second-order valence-electron chi connectivity index (χ2n) is 7.05. The van der Waals surface area contributed by atoms with Crippen molar-refractivity contribution in [2.24, 2.45) is 0 Å². The molecular formula is C20H20N4. The average Bonchev–Trinajstić information content (AvgIpc) is 3.26. The number of fused-ring (bicyclic) bond motifs is 5. The number of hydrogen-bond donors (Lipinski definition) is 0. The highest BCUT2D eigenvalue weighted by molar-refractivity contribution is 5.78. The number of aryl methyl sites for hydroxylation is 2. The molecule has 1 fully saturated rings. The van der Waals surface area contributed by atoms with Crippen LogP contribution >= 0.6 is 0 Å². The lowest BCUT2D eigenvalue weighted by molar-refractivity contribution is 0.530. The van der Waals surface area contributed by atoms with Gasteiger partial charge in [0, 0.05) is 35.1 Å². The van der Waals surface area contributed by atoms with Crippen LogP contribution in [0.3, 0.4) is 0 Å². The summed E-state index contributed by atoms with van der Waals surface area (Å²) < 4.78 is 2.49. The molecule has 4 nitrogen and oxygen atoms in total. The largest absolute Gasteiger partial charge is 0.324 e. The van der Waals surface area contributed by atoms with Crippen molar-refractivity contribution in [3.63, 3.8) is 0 Å². The van der Waals surface area contributed by atoms with Crippen LogP contribution in [0.1, 0.15) is 48.4 Å². The monoisotopic (exact) mass is 316 g/mol. The van der Waals surface area contributed by atoms with Crippen LogP contribution in [0.15, 0.2) is 36.5 Å². The van der Waals surface area contributed by atoms with E-state index in [2.05, 4.69) is 33.8 Å². The molecule has 0 radical (unpaired) electrons. The predicted molar refractivity (Wildman–Crippen MR) is 93.8 cm³/mol. The van der Waals surface area contributed by atoms with Crippen molar-refractivity contribution in [3.05, 3.63) is 53.7 Å². The van der Waals surface area contributed by atoms with E-state index in [-0.39, 0.29) is 0 Å². The molecule has 1 aliphatic heterocycles. The Bertz CT molecular complexity index is 941. The summed E-state index contributed by atoms with van der Waals surface area (Å²) in [5.41, 5.74) is 6.49. The molecule has 120 valence electrons. The van der Waals surface area contributed by atoms with Crippen molar-refractivity contribution in [1.82, 2.24) is 19.5 Å². The second kappa shape index (κ2) is 5.00. The van der Waals surface area contributed by atoms with E-state index in [0.717, 1.165) is 22.8 Å². The van der Waals surface area contributed by atoms with Crippen LogP contribution in [0.4, 0.5) is 0 Å². The standard InChI is InChI=1S/C20H20N4/c1-12-4-3-5-17(22-12)18-19(14-8-9-21-13(2)10-14)24-16-7-6-15(11-16)20(24)23-18/h3-5,8-10,15-16H,6-7,11H2,1-2H3. The summed E-state index contributed by atoms with van der Waals surface area (Å²) in [7, 11) is 0. The molecule has 2 atom stereocenters. The summed E-state index contributed by atoms with van der Waals surface area (Å²) in [5.74, 6) is 1.88. The molecule has 2 bridgehead atoms. The molecule has 2 aliphatic rings. The zero-order chi connectivity index (χ0) is 16.3. The van der Waals surface area contributed by atoms with Crippen molar-refractivity contribution >= 4 is 0 Å². The summed E-state index contributed by atoms with van der Waals surface area (Å²) in [5, 5.41) is 0. The minimum absolute atomic E-state index is 0.597. The maximum absolute atomic E-state index is 5.07. The van der Waals surface area contributed by atoms with Crippen LogP contribution in [0.25, 0.3) is 22.6 Å². The molecule has 0 aromatic carbocycles. The molecule has 4 heteroatoms. The Morgan fingerprint density at radius 2 is 1.96 bits per heavy atom. The highest BCUT2D eigenvalue weighted by Crippen LogP contribution is 2.52. The van der Waals surface area contributed by atoms with Crippen molar-refractivity contribution in [2.45, 2.75) is 45.1 Å². The van der Waals surface area contributed by atoms with Crippen molar-refractivity contribution in [1.29, 1.82) is 0 Å². The van der Waals surface area contributed by atoms with Gasteiger partial charge in [-0.25, -0.2) is 4.98 Å². The van der Waals surface area contributed by atoms with E-state index in [9.17, 15) is 0 Å². The topological polar surface area (TPSA) is 43.6 Å². The quantitative estimate of drug-likeness (QED) is 0.701. The Morgan fingerprint density at radius 3 is 2.79 bits per heavy atom. The van der Waals surface area contributed by atoms with Gasteiger partial charge < -0.3 is 4.57 Å². The molecule has 4 heterocycles. The lowest BCUT2D eigenvalue weighted by atomic mass is 10.1. The van der Waals surface area contributed by atoms with E-state index in [1.54, 1.807) is 0 Å².